The van der Waals surface area contributed by atoms with Gasteiger partial charge in [-0.05, 0) is 31.0 Å². The van der Waals surface area contributed by atoms with E-state index >= 15 is 0 Å². The van der Waals surface area contributed by atoms with Crippen LogP contribution in [0.3, 0.4) is 0 Å². The number of nitrogens with zero attached hydrogens (tertiary/aromatic N) is 3. The van der Waals surface area contributed by atoms with Crippen LogP contribution in [-0.2, 0) is 4.79 Å². The van der Waals surface area contributed by atoms with E-state index in [-0.39, 0.29) is 29.0 Å². The lowest BCUT2D eigenvalue weighted by Crippen LogP contribution is -2.48. The van der Waals surface area contributed by atoms with Crippen molar-refractivity contribution in [1.29, 1.82) is 0 Å². The Morgan fingerprint density at radius 1 is 1.09 bits per heavy atom. The fourth-order valence-electron chi connectivity index (χ4n) is 4.14. The number of carbonyl (C=O) groups excluding carboxylic acids is 1. The Kier molecular flexibility index (Phi) is 5.48. The van der Waals surface area contributed by atoms with Crippen molar-refractivity contribution < 1.29 is 19.2 Å². The summed E-state index contributed by atoms with van der Waals surface area (Å²) >= 11 is 1.52. The van der Waals surface area contributed by atoms with Gasteiger partial charge >= 0.3 is 0 Å². The molecule has 8 nitrogen and oxygen atoms in total. The largest absolute Gasteiger partial charge is 0.485 e. The minimum atomic E-state index is -0.633. The van der Waals surface area contributed by atoms with Crippen molar-refractivity contribution in [3.63, 3.8) is 0 Å². The van der Waals surface area contributed by atoms with Crippen LogP contribution in [0.25, 0.3) is 11.3 Å². The number of carbonyl (C=O) groups is 1. The second kappa shape index (κ2) is 8.58. The Hall–Kier alpha value is -3.46. The average molecular weight is 452 g/mol. The summed E-state index contributed by atoms with van der Waals surface area (Å²) in [4.78, 5) is 30.4. The highest BCUT2D eigenvalue weighted by atomic mass is 32.1. The molecular formula is C23H21N3O5S. The summed E-state index contributed by atoms with van der Waals surface area (Å²) in [6.07, 6.45) is 0.950. The summed E-state index contributed by atoms with van der Waals surface area (Å²) in [5.41, 5.74) is 1.21. The number of hydrogen-bond donors (Lipinski definition) is 0. The Balaban J connectivity index is 1.22. The molecule has 1 unspecified atom stereocenters. The zero-order chi connectivity index (χ0) is 22.1. The molecule has 1 aromatic heterocycles. The van der Waals surface area contributed by atoms with E-state index in [9.17, 15) is 14.9 Å². The van der Waals surface area contributed by atoms with Gasteiger partial charge in [-0.25, -0.2) is 4.98 Å². The molecule has 3 heterocycles. The molecule has 9 heteroatoms. The molecule has 1 atom stereocenters. The number of aromatic nitrogens is 1. The molecular weight excluding hydrogens is 430 g/mol. The molecule has 1 fully saturated rings. The van der Waals surface area contributed by atoms with Gasteiger partial charge in [0.25, 0.3) is 11.6 Å². The topological polar surface area (TPSA) is 94.8 Å². The lowest BCUT2D eigenvalue weighted by molar-refractivity contribution is -0.384. The standard InChI is InChI=1S/C23H21N3O5S/c27-23(21-13-30-19-7-3-4-8-20(19)31-21)25-11-9-15(10-12-25)22-24-17(14-32-22)16-5-1-2-6-18(16)26(28)29/h1-8,14-15,21H,9-13H2. The highest BCUT2D eigenvalue weighted by molar-refractivity contribution is 7.10. The molecule has 0 aliphatic carbocycles. The van der Waals surface area contributed by atoms with Crippen molar-refractivity contribution in [2.75, 3.05) is 19.7 Å². The number of fused-ring (bicyclic) bond motifs is 1. The molecule has 2 aromatic carbocycles. The van der Waals surface area contributed by atoms with Crippen molar-refractivity contribution >= 4 is 22.9 Å². The van der Waals surface area contributed by atoms with Gasteiger partial charge in [-0.3, -0.25) is 14.9 Å². The smallest absolute Gasteiger partial charge is 0.278 e. The molecule has 164 valence electrons. The zero-order valence-electron chi connectivity index (χ0n) is 17.2. The monoisotopic (exact) mass is 451 g/mol. The number of nitro benzene ring substituents is 1. The van der Waals surface area contributed by atoms with Gasteiger partial charge in [-0.1, -0.05) is 24.3 Å². The van der Waals surface area contributed by atoms with Crippen LogP contribution in [0.1, 0.15) is 23.8 Å². The van der Waals surface area contributed by atoms with Gasteiger partial charge in [0.05, 0.1) is 21.2 Å². The van der Waals surface area contributed by atoms with Crippen molar-refractivity contribution in [2.24, 2.45) is 0 Å². The summed E-state index contributed by atoms with van der Waals surface area (Å²) in [5, 5.41) is 14.2. The second-order valence-corrected chi connectivity index (χ2v) is 8.70. The number of ether oxygens (including phenoxy) is 2. The molecule has 1 amide bonds. The van der Waals surface area contributed by atoms with Crippen LogP contribution >= 0.6 is 11.3 Å². The summed E-state index contributed by atoms with van der Waals surface area (Å²) < 4.78 is 11.5. The van der Waals surface area contributed by atoms with E-state index in [0.29, 0.717) is 35.8 Å². The zero-order valence-corrected chi connectivity index (χ0v) is 18.0. The van der Waals surface area contributed by atoms with Gasteiger partial charge < -0.3 is 14.4 Å². The fourth-order valence-corrected chi connectivity index (χ4v) is 5.13. The van der Waals surface area contributed by atoms with Crippen LogP contribution in [0.4, 0.5) is 5.69 Å². The minimum absolute atomic E-state index is 0.0565. The molecule has 1 saturated heterocycles. The first kappa shape index (κ1) is 20.4. The fraction of sp³-hybridized carbons (Fsp3) is 0.304. The molecule has 0 spiro atoms. The number of benzene rings is 2. The van der Waals surface area contributed by atoms with Gasteiger partial charge in [-0.15, -0.1) is 11.3 Å². The normalized spacial score (nSPS) is 18.4. The predicted molar refractivity (Wildman–Crippen MR) is 119 cm³/mol. The quantitative estimate of drug-likeness (QED) is 0.434. The van der Waals surface area contributed by atoms with Crippen LogP contribution < -0.4 is 9.47 Å². The highest BCUT2D eigenvalue weighted by Gasteiger charge is 2.34. The van der Waals surface area contributed by atoms with E-state index in [1.165, 1.54) is 17.4 Å². The van der Waals surface area contributed by atoms with E-state index < -0.39 is 6.10 Å². The van der Waals surface area contributed by atoms with E-state index in [1.807, 2.05) is 28.5 Å². The maximum Gasteiger partial charge on any atom is 0.278 e. The summed E-state index contributed by atoms with van der Waals surface area (Å²) in [7, 11) is 0. The first-order chi connectivity index (χ1) is 15.6. The number of nitro groups is 1. The Labute approximate surface area is 188 Å². The van der Waals surface area contributed by atoms with Gasteiger partial charge in [-0.2, -0.15) is 0 Å². The van der Waals surface area contributed by atoms with E-state index in [4.69, 9.17) is 14.5 Å². The number of thiazole rings is 1. The van der Waals surface area contributed by atoms with Gasteiger partial charge in [0, 0.05) is 30.5 Å². The molecule has 0 bridgehead atoms. The first-order valence-corrected chi connectivity index (χ1v) is 11.3. The third-order valence-electron chi connectivity index (χ3n) is 5.84. The third kappa shape index (κ3) is 3.91. The van der Waals surface area contributed by atoms with Crippen LogP contribution in [0.5, 0.6) is 11.5 Å². The van der Waals surface area contributed by atoms with E-state index in [2.05, 4.69) is 0 Å². The maximum absolute atomic E-state index is 12.9. The van der Waals surface area contributed by atoms with E-state index in [1.54, 1.807) is 24.3 Å². The SMILES string of the molecule is O=C(C1COc2ccccc2O1)N1CCC(c2nc(-c3ccccc3[N+](=O)[O-])cs2)CC1. The van der Waals surface area contributed by atoms with Crippen molar-refractivity contribution in [1.82, 2.24) is 9.88 Å². The predicted octanol–water partition coefficient (Wildman–Crippen LogP) is 4.26. The number of likely N-dealkylation sites (tertiary alicyclic amines) is 1. The van der Waals surface area contributed by atoms with Gasteiger partial charge in [0.2, 0.25) is 6.10 Å². The van der Waals surface area contributed by atoms with Crippen LogP contribution in [0, 0.1) is 10.1 Å². The van der Waals surface area contributed by atoms with Crippen molar-refractivity contribution in [3.8, 4) is 22.8 Å². The molecule has 3 aromatic rings. The second-order valence-electron chi connectivity index (χ2n) is 7.81. The van der Waals surface area contributed by atoms with Gasteiger partial charge in [0.1, 0.15) is 6.61 Å². The molecule has 0 saturated carbocycles. The molecule has 0 N–H and O–H groups in total. The molecule has 2 aliphatic heterocycles. The lowest BCUT2D eigenvalue weighted by atomic mass is 9.97. The highest BCUT2D eigenvalue weighted by Crippen LogP contribution is 2.36. The Morgan fingerprint density at radius 2 is 1.81 bits per heavy atom. The average Bonchev–Trinajstić information content (AvgIpc) is 3.33. The van der Waals surface area contributed by atoms with Gasteiger partial charge in [0.15, 0.2) is 11.5 Å². The summed E-state index contributed by atoms with van der Waals surface area (Å²) in [6, 6.07) is 14.0. The maximum atomic E-state index is 12.9. The van der Waals surface area contributed by atoms with Crippen LogP contribution in [0.15, 0.2) is 53.9 Å². The molecule has 5 rings (SSSR count). The number of para-hydroxylation sites is 3. The number of hydrogen-bond acceptors (Lipinski definition) is 7. The van der Waals surface area contributed by atoms with E-state index in [0.717, 1.165) is 17.8 Å². The number of rotatable bonds is 4. The molecule has 0 radical (unpaired) electrons. The van der Waals surface area contributed by atoms with Crippen molar-refractivity contribution in [2.45, 2.75) is 24.9 Å². The first-order valence-electron chi connectivity index (χ1n) is 10.5. The summed E-state index contributed by atoms with van der Waals surface area (Å²) in [5.74, 6) is 1.42. The number of piperidine rings is 1. The minimum Gasteiger partial charge on any atom is -0.485 e. The van der Waals surface area contributed by atoms with Crippen molar-refractivity contribution in [3.05, 3.63) is 69.0 Å². The third-order valence-corrected chi connectivity index (χ3v) is 6.85. The Bertz CT molecular complexity index is 1160. The Morgan fingerprint density at radius 3 is 2.59 bits per heavy atom. The summed E-state index contributed by atoms with van der Waals surface area (Å²) in [6.45, 7) is 1.44. The lowest BCUT2D eigenvalue weighted by Gasteiger charge is -2.34. The number of amides is 1. The molecule has 32 heavy (non-hydrogen) atoms. The molecule has 2 aliphatic rings. The van der Waals surface area contributed by atoms with Crippen LogP contribution in [-0.4, -0.2) is 46.5 Å². The van der Waals surface area contributed by atoms with Crippen LogP contribution in [0.2, 0.25) is 0 Å².